The molecular formula is C16H23ClN4O3. The number of halogens is 1. The van der Waals surface area contributed by atoms with E-state index in [-0.39, 0.29) is 11.8 Å². The summed E-state index contributed by atoms with van der Waals surface area (Å²) in [6.07, 6.45) is 0.787. The SMILES string of the molecule is CCc1nn(C)c(Cl)c1CN1C[C@@H]2CN(C(C)=O)C[C@]2(C(=O)O)C1. The molecule has 2 aliphatic heterocycles. The van der Waals surface area contributed by atoms with Crippen molar-refractivity contribution in [3.05, 3.63) is 16.4 Å². The Balaban J connectivity index is 1.81. The third kappa shape index (κ3) is 2.59. The highest BCUT2D eigenvalue weighted by Gasteiger charge is 2.58. The minimum atomic E-state index is -0.868. The van der Waals surface area contributed by atoms with Gasteiger partial charge >= 0.3 is 5.97 Å². The first kappa shape index (κ1) is 17.2. The molecule has 0 aliphatic carbocycles. The Labute approximate surface area is 146 Å². The van der Waals surface area contributed by atoms with E-state index in [9.17, 15) is 14.7 Å². The largest absolute Gasteiger partial charge is 0.481 e. The number of carboxylic acid groups (broad SMARTS) is 1. The van der Waals surface area contributed by atoms with Gasteiger partial charge in [-0.05, 0) is 6.42 Å². The number of fused-ring (bicyclic) bond motifs is 1. The molecule has 2 atom stereocenters. The molecule has 24 heavy (non-hydrogen) atoms. The monoisotopic (exact) mass is 354 g/mol. The summed E-state index contributed by atoms with van der Waals surface area (Å²) in [5, 5.41) is 14.8. The quantitative estimate of drug-likeness (QED) is 0.872. The molecule has 7 nitrogen and oxygen atoms in total. The highest BCUT2D eigenvalue weighted by molar-refractivity contribution is 6.30. The lowest BCUT2D eigenvalue weighted by molar-refractivity contribution is -0.149. The van der Waals surface area contributed by atoms with Crippen LogP contribution in [0.25, 0.3) is 0 Å². The number of carboxylic acids is 1. The van der Waals surface area contributed by atoms with Gasteiger partial charge in [-0.3, -0.25) is 19.2 Å². The van der Waals surface area contributed by atoms with E-state index < -0.39 is 11.4 Å². The van der Waals surface area contributed by atoms with Crippen LogP contribution in [-0.2, 0) is 29.6 Å². The van der Waals surface area contributed by atoms with Gasteiger partial charge in [0.2, 0.25) is 5.91 Å². The molecule has 0 unspecified atom stereocenters. The fraction of sp³-hybridized carbons (Fsp3) is 0.688. The topological polar surface area (TPSA) is 78.7 Å². The molecule has 2 aliphatic rings. The van der Waals surface area contributed by atoms with Crippen LogP contribution in [0, 0.1) is 11.3 Å². The van der Waals surface area contributed by atoms with Gasteiger partial charge in [-0.25, -0.2) is 0 Å². The number of carbonyl (C=O) groups is 2. The van der Waals surface area contributed by atoms with E-state index in [2.05, 4.69) is 10.00 Å². The van der Waals surface area contributed by atoms with Crippen molar-refractivity contribution in [1.29, 1.82) is 0 Å². The van der Waals surface area contributed by atoms with Crippen molar-refractivity contribution in [2.24, 2.45) is 18.4 Å². The predicted octanol–water partition coefficient (Wildman–Crippen LogP) is 1.00. The van der Waals surface area contributed by atoms with Crippen LogP contribution in [0.15, 0.2) is 0 Å². The van der Waals surface area contributed by atoms with Gasteiger partial charge in [0.05, 0.1) is 5.69 Å². The van der Waals surface area contributed by atoms with Crippen LogP contribution in [0.3, 0.4) is 0 Å². The average Bonchev–Trinajstić information content (AvgIpc) is 3.12. The lowest BCUT2D eigenvalue weighted by Crippen LogP contribution is -2.41. The molecule has 0 spiro atoms. The Hall–Kier alpha value is -1.60. The minimum absolute atomic E-state index is 0.0422. The second-order valence-corrected chi connectivity index (χ2v) is 7.28. The van der Waals surface area contributed by atoms with Gasteiger partial charge in [0.25, 0.3) is 0 Å². The molecule has 3 heterocycles. The maximum atomic E-state index is 12.0. The second-order valence-electron chi connectivity index (χ2n) is 6.92. The molecule has 3 rings (SSSR count). The van der Waals surface area contributed by atoms with Gasteiger partial charge in [0.1, 0.15) is 10.6 Å². The maximum Gasteiger partial charge on any atom is 0.313 e. The second kappa shape index (κ2) is 6.04. The fourth-order valence-electron chi connectivity index (χ4n) is 4.10. The summed E-state index contributed by atoms with van der Waals surface area (Å²) in [5.74, 6) is -0.911. The zero-order chi connectivity index (χ0) is 17.6. The van der Waals surface area contributed by atoms with Crippen LogP contribution >= 0.6 is 11.6 Å². The number of nitrogens with zero attached hydrogens (tertiary/aromatic N) is 4. The summed E-state index contributed by atoms with van der Waals surface area (Å²) in [4.78, 5) is 27.4. The van der Waals surface area contributed by atoms with E-state index in [1.165, 1.54) is 6.92 Å². The molecule has 2 saturated heterocycles. The number of carbonyl (C=O) groups excluding carboxylic acids is 1. The Kier molecular flexibility index (Phi) is 4.34. The van der Waals surface area contributed by atoms with Crippen LogP contribution < -0.4 is 0 Å². The van der Waals surface area contributed by atoms with Crippen molar-refractivity contribution in [2.75, 3.05) is 26.2 Å². The number of aliphatic carboxylic acids is 1. The van der Waals surface area contributed by atoms with E-state index in [0.717, 1.165) is 17.7 Å². The lowest BCUT2D eigenvalue weighted by Gasteiger charge is -2.25. The zero-order valence-corrected chi connectivity index (χ0v) is 15.0. The summed E-state index contributed by atoms with van der Waals surface area (Å²) in [5.41, 5.74) is 1.06. The standard InChI is InChI=1S/C16H23ClN4O3/c1-4-13-12(14(17)19(3)18-13)7-20-5-11-6-21(10(2)22)9-16(11,8-20)15(23)24/h11H,4-9H2,1-3H3,(H,23,24)/t11-,16-/m1/s1. The summed E-state index contributed by atoms with van der Waals surface area (Å²) in [6.45, 7) is 6.03. The first-order valence-corrected chi connectivity index (χ1v) is 8.57. The molecule has 0 aromatic carbocycles. The van der Waals surface area contributed by atoms with Gasteiger partial charge in [-0.2, -0.15) is 5.10 Å². The normalized spacial score (nSPS) is 26.8. The van der Waals surface area contributed by atoms with E-state index in [4.69, 9.17) is 11.6 Å². The van der Waals surface area contributed by atoms with Crippen LogP contribution in [-0.4, -0.2) is 62.7 Å². The number of rotatable bonds is 4. The van der Waals surface area contributed by atoms with E-state index >= 15 is 0 Å². The number of aryl methyl sites for hydroxylation is 2. The summed E-state index contributed by atoms with van der Waals surface area (Å²) < 4.78 is 1.66. The smallest absolute Gasteiger partial charge is 0.313 e. The van der Waals surface area contributed by atoms with Crippen molar-refractivity contribution in [1.82, 2.24) is 19.6 Å². The van der Waals surface area contributed by atoms with Crippen molar-refractivity contribution < 1.29 is 14.7 Å². The summed E-state index contributed by atoms with van der Waals surface area (Å²) in [7, 11) is 1.81. The van der Waals surface area contributed by atoms with Gasteiger partial charge in [-0.15, -0.1) is 0 Å². The molecule has 8 heteroatoms. The van der Waals surface area contributed by atoms with E-state index in [0.29, 0.717) is 37.9 Å². The summed E-state index contributed by atoms with van der Waals surface area (Å²) in [6, 6.07) is 0. The first-order chi connectivity index (χ1) is 11.3. The number of hydrogen-bond donors (Lipinski definition) is 1. The van der Waals surface area contributed by atoms with Gasteiger partial charge < -0.3 is 10.0 Å². The number of amides is 1. The van der Waals surface area contributed by atoms with Gasteiger partial charge in [0.15, 0.2) is 0 Å². The van der Waals surface area contributed by atoms with Crippen LogP contribution in [0.2, 0.25) is 5.15 Å². The van der Waals surface area contributed by atoms with E-state index in [1.807, 2.05) is 14.0 Å². The molecule has 0 radical (unpaired) electrons. The molecule has 1 aromatic heterocycles. The van der Waals surface area contributed by atoms with Gasteiger partial charge in [0, 0.05) is 58.2 Å². The van der Waals surface area contributed by atoms with Crippen LogP contribution in [0.1, 0.15) is 25.1 Å². The molecule has 0 bridgehead atoms. The average molecular weight is 355 g/mol. The lowest BCUT2D eigenvalue weighted by atomic mass is 9.81. The highest BCUT2D eigenvalue weighted by Crippen LogP contribution is 2.43. The van der Waals surface area contributed by atoms with Crippen molar-refractivity contribution in [3.8, 4) is 0 Å². The fourth-order valence-corrected chi connectivity index (χ4v) is 4.30. The first-order valence-electron chi connectivity index (χ1n) is 8.20. The molecule has 2 fully saturated rings. The zero-order valence-electron chi connectivity index (χ0n) is 14.3. The third-order valence-electron chi connectivity index (χ3n) is 5.42. The molecule has 1 aromatic rings. The Morgan fingerprint density at radius 1 is 1.38 bits per heavy atom. The number of aromatic nitrogens is 2. The molecule has 0 saturated carbocycles. The maximum absolute atomic E-state index is 12.0. The number of hydrogen-bond acceptors (Lipinski definition) is 4. The summed E-state index contributed by atoms with van der Waals surface area (Å²) >= 11 is 6.36. The minimum Gasteiger partial charge on any atom is -0.481 e. The predicted molar refractivity (Wildman–Crippen MR) is 88.7 cm³/mol. The highest BCUT2D eigenvalue weighted by atomic mass is 35.5. The molecule has 132 valence electrons. The van der Waals surface area contributed by atoms with Gasteiger partial charge in [-0.1, -0.05) is 18.5 Å². The Morgan fingerprint density at radius 3 is 2.62 bits per heavy atom. The molecule has 1 amide bonds. The van der Waals surface area contributed by atoms with Crippen molar-refractivity contribution >= 4 is 23.5 Å². The van der Waals surface area contributed by atoms with E-state index in [1.54, 1.807) is 9.58 Å². The Morgan fingerprint density at radius 2 is 2.08 bits per heavy atom. The van der Waals surface area contributed by atoms with Crippen LogP contribution in [0.4, 0.5) is 0 Å². The van der Waals surface area contributed by atoms with Crippen molar-refractivity contribution in [3.63, 3.8) is 0 Å². The Bertz CT molecular complexity index is 689. The number of likely N-dealkylation sites (tertiary alicyclic amines) is 2. The molecule has 1 N–H and O–H groups in total. The molecular weight excluding hydrogens is 332 g/mol. The third-order valence-corrected chi connectivity index (χ3v) is 5.89. The van der Waals surface area contributed by atoms with Crippen LogP contribution in [0.5, 0.6) is 0 Å². The van der Waals surface area contributed by atoms with Crippen molar-refractivity contribution in [2.45, 2.75) is 26.8 Å².